The molecule has 4 aliphatic rings. The molecule has 0 bridgehead atoms. The van der Waals surface area contributed by atoms with E-state index in [2.05, 4.69) is 5.32 Å². The predicted octanol–water partition coefficient (Wildman–Crippen LogP) is 1.34. The van der Waals surface area contributed by atoms with Crippen molar-refractivity contribution in [3.05, 3.63) is 35.4 Å². The highest BCUT2D eigenvalue weighted by molar-refractivity contribution is 7.91. The molecule has 9 heteroatoms. The minimum Gasteiger partial charge on any atom is -0.334 e. The standard InChI is InChI=1S/C22H27N3O5S/c26-19(25(16-6-2-3-7-16)17-10-12-31(29,30)14-17)13-24-20(27)22(23-21(24)28)11-9-15-5-1-4-8-18(15)22/h1,4-5,8,16-17H,2-3,6-7,9-14H2,(H,23,28)/t17-,22-/m0/s1. The first-order valence-corrected chi connectivity index (χ1v) is 12.9. The fraction of sp³-hybridized carbons (Fsp3) is 0.591. The molecule has 1 aromatic carbocycles. The van der Waals surface area contributed by atoms with Crippen molar-refractivity contribution in [2.45, 2.75) is 62.6 Å². The van der Waals surface area contributed by atoms with Crippen LogP contribution in [0.2, 0.25) is 0 Å². The van der Waals surface area contributed by atoms with Crippen LogP contribution in [-0.4, -0.2) is 66.2 Å². The minimum atomic E-state index is -3.16. The summed E-state index contributed by atoms with van der Waals surface area (Å²) in [4.78, 5) is 42.3. The summed E-state index contributed by atoms with van der Waals surface area (Å²) in [6.07, 6.45) is 5.25. The van der Waals surface area contributed by atoms with Crippen molar-refractivity contribution in [1.82, 2.24) is 15.1 Å². The van der Waals surface area contributed by atoms with Crippen LogP contribution >= 0.6 is 0 Å². The SMILES string of the molecule is O=C1N[C@]2(CCc3ccccc32)C(=O)N1CC(=O)N(C1CCCC1)[C@H]1CCS(=O)(=O)C1. The average Bonchev–Trinajstić information content (AvgIpc) is 3.50. The van der Waals surface area contributed by atoms with Crippen LogP contribution in [0.1, 0.15) is 49.7 Å². The number of hydrogen-bond donors (Lipinski definition) is 1. The second kappa shape index (κ2) is 7.32. The van der Waals surface area contributed by atoms with Gasteiger partial charge in [0.15, 0.2) is 9.84 Å². The number of carbonyl (C=O) groups is 3. The second-order valence-corrected chi connectivity index (χ2v) is 11.4. The molecular weight excluding hydrogens is 418 g/mol. The lowest BCUT2D eigenvalue weighted by molar-refractivity contribution is -0.141. The molecule has 0 aromatic heterocycles. The summed E-state index contributed by atoms with van der Waals surface area (Å²) in [5, 5.41) is 2.85. The summed E-state index contributed by atoms with van der Waals surface area (Å²) in [6, 6.07) is 6.63. The molecule has 1 saturated carbocycles. The minimum absolute atomic E-state index is 0.0206. The average molecular weight is 446 g/mol. The Morgan fingerprint density at radius 3 is 2.58 bits per heavy atom. The van der Waals surface area contributed by atoms with Gasteiger partial charge in [0, 0.05) is 12.1 Å². The van der Waals surface area contributed by atoms with Crippen LogP contribution in [0.5, 0.6) is 0 Å². The van der Waals surface area contributed by atoms with Gasteiger partial charge in [-0.25, -0.2) is 13.2 Å². The largest absolute Gasteiger partial charge is 0.334 e. The number of sulfone groups is 1. The Labute approximate surface area is 181 Å². The third-order valence-electron chi connectivity index (χ3n) is 7.32. The lowest BCUT2D eigenvalue weighted by Gasteiger charge is -2.35. The Morgan fingerprint density at radius 2 is 1.87 bits per heavy atom. The molecule has 2 aliphatic heterocycles. The van der Waals surface area contributed by atoms with Gasteiger partial charge in [-0.3, -0.25) is 14.5 Å². The summed E-state index contributed by atoms with van der Waals surface area (Å²) in [6.45, 7) is -0.346. The van der Waals surface area contributed by atoms with Crippen LogP contribution < -0.4 is 5.32 Å². The summed E-state index contributed by atoms with van der Waals surface area (Å²) in [5.41, 5.74) is 0.744. The highest BCUT2D eigenvalue weighted by atomic mass is 32.2. The number of nitrogens with one attached hydrogen (secondary N) is 1. The number of fused-ring (bicyclic) bond motifs is 2. The van der Waals surface area contributed by atoms with E-state index in [1.165, 1.54) is 0 Å². The van der Waals surface area contributed by atoms with E-state index in [-0.39, 0.29) is 41.9 Å². The van der Waals surface area contributed by atoms with E-state index in [0.29, 0.717) is 19.3 Å². The number of amides is 4. The van der Waals surface area contributed by atoms with Gasteiger partial charge in [-0.1, -0.05) is 37.1 Å². The van der Waals surface area contributed by atoms with Crippen molar-refractivity contribution in [2.75, 3.05) is 18.1 Å². The number of carbonyl (C=O) groups excluding carboxylic acids is 3. The number of imide groups is 1. The van der Waals surface area contributed by atoms with Gasteiger partial charge in [-0.05, 0) is 43.2 Å². The maximum atomic E-state index is 13.4. The highest BCUT2D eigenvalue weighted by Gasteiger charge is 2.56. The van der Waals surface area contributed by atoms with Crippen LogP contribution in [0.25, 0.3) is 0 Å². The van der Waals surface area contributed by atoms with E-state index in [9.17, 15) is 22.8 Å². The molecule has 8 nitrogen and oxygen atoms in total. The van der Waals surface area contributed by atoms with E-state index >= 15 is 0 Å². The molecule has 3 fully saturated rings. The molecule has 0 radical (unpaired) electrons. The Hall–Kier alpha value is -2.42. The van der Waals surface area contributed by atoms with Crippen molar-refractivity contribution >= 4 is 27.7 Å². The number of urea groups is 1. The Balaban J connectivity index is 1.39. The monoisotopic (exact) mass is 445 g/mol. The van der Waals surface area contributed by atoms with Crippen molar-refractivity contribution in [1.29, 1.82) is 0 Å². The van der Waals surface area contributed by atoms with Gasteiger partial charge >= 0.3 is 6.03 Å². The number of rotatable bonds is 4. The smallest absolute Gasteiger partial charge is 0.325 e. The zero-order valence-electron chi connectivity index (χ0n) is 17.4. The summed E-state index contributed by atoms with van der Waals surface area (Å²) < 4.78 is 24.1. The third-order valence-corrected chi connectivity index (χ3v) is 9.07. The van der Waals surface area contributed by atoms with Gasteiger partial charge in [-0.15, -0.1) is 0 Å². The van der Waals surface area contributed by atoms with Gasteiger partial charge in [0.05, 0.1) is 11.5 Å². The molecule has 2 atom stereocenters. The zero-order chi connectivity index (χ0) is 21.8. The van der Waals surface area contributed by atoms with Crippen LogP contribution in [0.15, 0.2) is 24.3 Å². The highest BCUT2D eigenvalue weighted by Crippen LogP contribution is 2.41. The van der Waals surface area contributed by atoms with Gasteiger partial charge < -0.3 is 10.2 Å². The van der Waals surface area contributed by atoms with Gasteiger partial charge in [0.2, 0.25) is 5.91 Å². The van der Waals surface area contributed by atoms with Crippen LogP contribution in [0.4, 0.5) is 4.79 Å². The zero-order valence-corrected chi connectivity index (χ0v) is 18.2. The van der Waals surface area contributed by atoms with E-state index in [1.807, 2.05) is 24.3 Å². The number of benzene rings is 1. The van der Waals surface area contributed by atoms with Crippen molar-refractivity contribution in [3.8, 4) is 0 Å². The number of nitrogens with zero attached hydrogens (tertiary/aromatic N) is 2. The van der Waals surface area contributed by atoms with Crippen LogP contribution in [0, 0.1) is 0 Å². The second-order valence-electron chi connectivity index (χ2n) is 9.18. The Kier molecular flexibility index (Phi) is 4.84. The van der Waals surface area contributed by atoms with E-state index in [1.54, 1.807) is 4.90 Å². The van der Waals surface area contributed by atoms with Crippen molar-refractivity contribution in [2.24, 2.45) is 0 Å². The normalized spacial score (nSPS) is 29.5. The molecular formula is C22H27N3O5S. The molecule has 1 aromatic rings. The van der Waals surface area contributed by atoms with Crippen LogP contribution in [0.3, 0.4) is 0 Å². The van der Waals surface area contributed by atoms with Gasteiger partial charge in [0.25, 0.3) is 5.91 Å². The number of aryl methyl sites for hydroxylation is 1. The summed E-state index contributed by atoms with van der Waals surface area (Å²) in [7, 11) is -3.16. The first-order chi connectivity index (χ1) is 14.8. The molecule has 2 saturated heterocycles. The molecule has 2 aliphatic carbocycles. The van der Waals surface area contributed by atoms with Gasteiger partial charge in [-0.2, -0.15) is 0 Å². The molecule has 1 N–H and O–H groups in total. The maximum Gasteiger partial charge on any atom is 0.325 e. The van der Waals surface area contributed by atoms with E-state index in [4.69, 9.17) is 0 Å². The van der Waals surface area contributed by atoms with E-state index in [0.717, 1.165) is 41.7 Å². The Bertz CT molecular complexity index is 1050. The third kappa shape index (κ3) is 3.33. The molecule has 31 heavy (non-hydrogen) atoms. The summed E-state index contributed by atoms with van der Waals surface area (Å²) in [5.74, 6) is -0.675. The quantitative estimate of drug-likeness (QED) is 0.705. The molecule has 2 heterocycles. The Morgan fingerprint density at radius 1 is 1.13 bits per heavy atom. The molecule has 166 valence electrons. The predicted molar refractivity (Wildman–Crippen MR) is 113 cm³/mol. The fourth-order valence-electron chi connectivity index (χ4n) is 5.83. The van der Waals surface area contributed by atoms with E-state index < -0.39 is 21.4 Å². The van der Waals surface area contributed by atoms with Crippen molar-refractivity contribution < 1.29 is 22.8 Å². The first-order valence-electron chi connectivity index (χ1n) is 11.0. The molecule has 1 spiro atoms. The summed E-state index contributed by atoms with van der Waals surface area (Å²) >= 11 is 0. The first kappa shape index (κ1) is 20.5. The van der Waals surface area contributed by atoms with Gasteiger partial charge in [0.1, 0.15) is 12.1 Å². The molecule has 5 rings (SSSR count). The topological polar surface area (TPSA) is 104 Å². The van der Waals surface area contributed by atoms with Crippen LogP contribution in [-0.2, 0) is 31.4 Å². The lowest BCUT2D eigenvalue weighted by Crippen LogP contribution is -2.52. The van der Waals surface area contributed by atoms with Crippen molar-refractivity contribution in [3.63, 3.8) is 0 Å². The molecule has 4 amide bonds. The number of hydrogen-bond acceptors (Lipinski definition) is 5. The molecule has 0 unspecified atom stereocenters. The fourth-order valence-corrected chi connectivity index (χ4v) is 7.54. The lowest BCUT2D eigenvalue weighted by atomic mass is 9.92. The maximum absolute atomic E-state index is 13.4.